The predicted molar refractivity (Wildman–Crippen MR) is 131 cm³/mol. The maximum atomic E-state index is 13.4. The number of carbonyl (C=O) groups is 2. The molecule has 176 valence electrons. The molecule has 2 aromatic rings. The first-order chi connectivity index (χ1) is 15.3. The van der Waals surface area contributed by atoms with Crippen molar-refractivity contribution in [3.63, 3.8) is 0 Å². The van der Waals surface area contributed by atoms with Gasteiger partial charge < -0.3 is 14.4 Å². The quantitative estimate of drug-likeness (QED) is 0.453. The SMILES string of the molecule is CCCCN(CC(=O)N(Cc1cccn1Cc1ccccc1C)[C@@H](C)CC)C(=O)C(C)C. The fourth-order valence-electron chi connectivity index (χ4n) is 3.84. The van der Waals surface area contributed by atoms with Crippen LogP contribution in [0.5, 0.6) is 0 Å². The molecule has 0 unspecified atom stereocenters. The zero-order valence-corrected chi connectivity index (χ0v) is 20.8. The van der Waals surface area contributed by atoms with Crippen LogP contribution in [0.25, 0.3) is 0 Å². The standard InChI is InChI=1S/C27H41N3O2/c1-7-9-16-29(27(32)21(3)4)20-26(31)30(23(6)8-2)19-25-15-12-17-28(25)18-24-14-11-10-13-22(24)5/h10-15,17,21,23H,7-9,16,18-20H2,1-6H3/t23-/m0/s1. The van der Waals surface area contributed by atoms with Crippen molar-refractivity contribution in [3.8, 4) is 0 Å². The Morgan fingerprint density at radius 3 is 2.38 bits per heavy atom. The van der Waals surface area contributed by atoms with E-state index in [1.165, 1.54) is 11.1 Å². The summed E-state index contributed by atoms with van der Waals surface area (Å²) in [6, 6.07) is 12.6. The van der Waals surface area contributed by atoms with Gasteiger partial charge in [-0.25, -0.2) is 0 Å². The van der Waals surface area contributed by atoms with Gasteiger partial charge in [0.25, 0.3) is 0 Å². The third kappa shape index (κ3) is 6.98. The molecule has 0 saturated heterocycles. The lowest BCUT2D eigenvalue weighted by atomic mass is 10.1. The predicted octanol–water partition coefficient (Wildman–Crippen LogP) is 5.26. The number of aryl methyl sites for hydroxylation is 1. The second-order valence-electron chi connectivity index (χ2n) is 9.10. The second-order valence-corrected chi connectivity index (χ2v) is 9.10. The van der Waals surface area contributed by atoms with E-state index in [4.69, 9.17) is 0 Å². The molecule has 2 amide bonds. The molecule has 0 bridgehead atoms. The van der Waals surface area contributed by atoms with E-state index in [1.807, 2.05) is 24.8 Å². The summed E-state index contributed by atoms with van der Waals surface area (Å²) in [7, 11) is 0. The van der Waals surface area contributed by atoms with Crippen LogP contribution in [0.15, 0.2) is 42.6 Å². The first kappa shape index (κ1) is 25.7. The monoisotopic (exact) mass is 439 g/mol. The van der Waals surface area contributed by atoms with E-state index in [-0.39, 0.29) is 30.3 Å². The van der Waals surface area contributed by atoms with Crippen LogP contribution in [-0.2, 0) is 22.7 Å². The fourth-order valence-corrected chi connectivity index (χ4v) is 3.84. The first-order valence-corrected chi connectivity index (χ1v) is 12.0. The molecule has 5 nitrogen and oxygen atoms in total. The third-order valence-electron chi connectivity index (χ3n) is 6.21. The van der Waals surface area contributed by atoms with E-state index >= 15 is 0 Å². The van der Waals surface area contributed by atoms with Crippen LogP contribution in [0.2, 0.25) is 0 Å². The first-order valence-electron chi connectivity index (χ1n) is 12.0. The van der Waals surface area contributed by atoms with E-state index in [1.54, 1.807) is 4.90 Å². The minimum atomic E-state index is -0.108. The van der Waals surface area contributed by atoms with Crippen LogP contribution >= 0.6 is 0 Å². The number of hydrogen-bond acceptors (Lipinski definition) is 2. The molecule has 0 spiro atoms. The van der Waals surface area contributed by atoms with Crippen molar-refractivity contribution < 1.29 is 9.59 Å². The van der Waals surface area contributed by atoms with Gasteiger partial charge in [-0.15, -0.1) is 0 Å². The smallest absolute Gasteiger partial charge is 0.242 e. The number of amides is 2. The van der Waals surface area contributed by atoms with Crippen molar-refractivity contribution in [2.75, 3.05) is 13.1 Å². The number of nitrogens with zero attached hydrogens (tertiary/aromatic N) is 3. The molecule has 0 saturated carbocycles. The van der Waals surface area contributed by atoms with E-state index in [0.717, 1.165) is 31.5 Å². The highest BCUT2D eigenvalue weighted by molar-refractivity contribution is 5.85. The lowest BCUT2D eigenvalue weighted by Gasteiger charge is -2.32. The Kier molecular flexibility index (Phi) is 10.0. The lowest BCUT2D eigenvalue weighted by Crippen LogP contribution is -2.47. The summed E-state index contributed by atoms with van der Waals surface area (Å²) in [6.45, 7) is 14.3. The maximum Gasteiger partial charge on any atom is 0.242 e. The van der Waals surface area contributed by atoms with Crippen molar-refractivity contribution in [2.24, 2.45) is 5.92 Å². The van der Waals surface area contributed by atoms with Crippen LogP contribution in [0.4, 0.5) is 0 Å². The van der Waals surface area contributed by atoms with E-state index < -0.39 is 0 Å². The molecule has 0 aliphatic rings. The van der Waals surface area contributed by atoms with E-state index in [0.29, 0.717) is 13.1 Å². The average Bonchev–Trinajstić information content (AvgIpc) is 3.21. The fraction of sp³-hybridized carbons (Fsp3) is 0.556. The average molecular weight is 440 g/mol. The van der Waals surface area contributed by atoms with Crippen LogP contribution in [0.1, 0.15) is 70.7 Å². The minimum absolute atomic E-state index is 0.0214. The molecule has 0 aliphatic heterocycles. The number of hydrogen-bond donors (Lipinski definition) is 0. The third-order valence-corrected chi connectivity index (χ3v) is 6.21. The van der Waals surface area contributed by atoms with Gasteiger partial charge in [0.15, 0.2) is 0 Å². The number of unbranched alkanes of at least 4 members (excludes halogenated alkanes) is 1. The lowest BCUT2D eigenvalue weighted by molar-refractivity contribution is -0.144. The Bertz CT molecular complexity index is 871. The van der Waals surface area contributed by atoms with Gasteiger partial charge in [0.1, 0.15) is 0 Å². The molecule has 0 aliphatic carbocycles. The normalized spacial score (nSPS) is 12.1. The highest BCUT2D eigenvalue weighted by Gasteiger charge is 2.25. The molecule has 2 rings (SSSR count). The van der Waals surface area contributed by atoms with Crippen molar-refractivity contribution in [1.82, 2.24) is 14.4 Å². The highest BCUT2D eigenvalue weighted by Crippen LogP contribution is 2.17. The largest absolute Gasteiger partial charge is 0.345 e. The number of rotatable bonds is 12. The molecule has 5 heteroatoms. The molecule has 1 aromatic carbocycles. The van der Waals surface area contributed by atoms with Crippen LogP contribution in [0, 0.1) is 12.8 Å². The summed E-state index contributed by atoms with van der Waals surface area (Å²) in [6.07, 6.45) is 4.86. The van der Waals surface area contributed by atoms with Gasteiger partial charge in [0, 0.05) is 36.9 Å². The molecule has 1 aromatic heterocycles. The van der Waals surface area contributed by atoms with Crippen LogP contribution in [-0.4, -0.2) is 45.3 Å². The highest BCUT2D eigenvalue weighted by atomic mass is 16.2. The van der Waals surface area contributed by atoms with E-state index in [9.17, 15) is 9.59 Å². The molecular weight excluding hydrogens is 398 g/mol. The minimum Gasteiger partial charge on any atom is -0.345 e. The molecular formula is C27H41N3O2. The summed E-state index contributed by atoms with van der Waals surface area (Å²) >= 11 is 0. The Morgan fingerprint density at radius 2 is 1.75 bits per heavy atom. The summed E-state index contributed by atoms with van der Waals surface area (Å²) in [5.41, 5.74) is 3.65. The molecule has 32 heavy (non-hydrogen) atoms. The van der Waals surface area contributed by atoms with Crippen LogP contribution in [0.3, 0.4) is 0 Å². The summed E-state index contributed by atoms with van der Waals surface area (Å²) < 4.78 is 2.22. The van der Waals surface area contributed by atoms with Gasteiger partial charge in [-0.1, -0.05) is 58.4 Å². The van der Waals surface area contributed by atoms with Crippen molar-refractivity contribution in [1.29, 1.82) is 0 Å². The Balaban J connectivity index is 2.20. The van der Waals surface area contributed by atoms with Gasteiger partial charge in [0.05, 0.1) is 13.1 Å². The zero-order chi connectivity index (χ0) is 23.7. The maximum absolute atomic E-state index is 13.4. The summed E-state index contributed by atoms with van der Waals surface area (Å²) in [5.74, 6) is -0.0324. The Morgan fingerprint density at radius 1 is 1.03 bits per heavy atom. The van der Waals surface area contributed by atoms with Crippen LogP contribution < -0.4 is 0 Å². The number of benzene rings is 1. The van der Waals surface area contributed by atoms with Gasteiger partial charge in [-0.2, -0.15) is 0 Å². The molecule has 1 heterocycles. The number of aromatic nitrogens is 1. The van der Waals surface area contributed by atoms with Crippen molar-refractivity contribution in [3.05, 3.63) is 59.4 Å². The molecule has 0 N–H and O–H groups in total. The Hall–Kier alpha value is -2.56. The second kappa shape index (κ2) is 12.5. The van der Waals surface area contributed by atoms with Gasteiger partial charge in [-0.05, 0) is 49.9 Å². The van der Waals surface area contributed by atoms with Crippen molar-refractivity contribution in [2.45, 2.75) is 79.9 Å². The molecule has 0 fully saturated rings. The van der Waals surface area contributed by atoms with Gasteiger partial charge in [-0.3, -0.25) is 9.59 Å². The molecule has 0 radical (unpaired) electrons. The topological polar surface area (TPSA) is 45.6 Å². The zero-order valence-electron chi connectivity index (χ0n) is 20.8. The molecule has 1 atom stereocenters. The Labute approximate surface area is 194 Å². The summed E-state index contributed by atoms with van der Waals surface area (Å²) in [4.78, 5) is 29.8. The summed E-state index contributed by atoms with van der Waals surface area (Å²) in [5, 5.41) is 0. The number of carbonyl (C=O) groups excluding carboxylic acids is 2. The van der Waals surface area contributed by atoms with Gasteiger partial charge >= 0.3 is 0 Å². The van der Waals surface area contributed by atoms with Crippen molar-refractivity contribution >= 4 is 11.8 Å². The van der Waals surface area contributed by atoms with Gasteiger partial charge in [0.2, 0.25) is 11.8 Å². The van der Waals surface area contributed by atoms with E-state index in [2.05, 4.69) is 68.8 Å².